The predicted octanol–water partition coefficient (Wildman–Crippen LogP) is 3.21. The summed E-state index contributed by atoms with van der Waals surface area (Å²) in [5.74, 6) is -3.21. The van der Waals surface area contributed by atoms with Crippen LogP contribution in [0.15, 0.2) is 54.6 Å². The molecule has 0 aromatic heterocycles. The van der Waals surface area contributed by atoms with Crippen molar-refractivity contribution in [2.75, 3.05) is 5.32 Å². The average Bonchev–Trinajstić information content (AvgIpc) is 2.60. The van der Waals surface area contributed by atoms with E-state index in [-0.39, 0.29) is 5.78 Å². The van der Waals surface area contributed by atoms with Crippen LogP contribution in [0.25, 0.3) is 0 Å². The maximum absolute atomic E-state index is 12.6. The highest BCUT2D eigenvalue weighted by atomic mass is 16.4. The van der Waals surface area contributed by atoms with Crippen LogP contribution in [0.1, 0.15) is 29.8 Å². The Balaban J connectivity index is 2.25. The fourth-order valence-corrected chi connectivity index (χ4v) is 2.22. The first kappa shape index (κ1) is 17.4. The molecule has 2 aromatic rings. The molecule has 2 N–H and O–H groups in total. The number of para-hydroxylation sites is 1. The molecule has 2 unspecified atom stereocenters. The summed E-state index contributed by atoms with van der Waals surface area (Å²) in [6, 6.07) is 15.5. The van der Waals surface area contributed by atoms with Crippen molar-refractivity contribution in [3.8, 4) is 0 Å². The van der Waals surface area contributed by atoms with Crippen molar-refractivity contribution in [2.45, 2.75) is 13.8 Å². The number of carboxylic acid groups (broad SMARTS) is 1. The second-order valence-electron chi connectivity index (χ2n) is 5.65. The standard InChI is InChI=1S/C19H19NO4/c1-12(13(2)19(23)24)18(22)20-16-11-7-6-10-15(16)17(21)14-8-4-3-5-9-14/h3-13H,1-2H3,(H,20,22)(H,23,24). The molecule has 5 nitrogen and oxygen atoms in total. The Bertz CT molecular complexity index is 755. The third-order valence-electron chi connectivity index (χ3n) is 4.02. The molecule has 0 saturated heterocycles. The summed E-state index contributed by atoms with van der Waals surface area (Å²) in [7, 11) is 0. The number of carbonyl (C=O) groups excluding carboxylic acids is 2. The van der Waals surface area contributed by atoms with E-state index in [0.29, 0.717) is 16.8 Å². The summed E-state index contributed by atoms with van der Waals surface area (Å²) in [5.41, 5.74) is 1.26. The van der Waals surface area contributed by atoms with E-state index in [0.717, 1.165) is 0 Å². The van der Waals surface area contributed by atoms with Gasteiger partial charge in [0.25, 0.3) is 0 Å². The Morgan fingerprint density at radius 1 is 0.875 bits per heavy atom. The van der Waals surface area contributed by atoms with E-state index in [1.165, 1.54) is 6.92 Å². The number of hydrogen-bond donors (Lipinski definition) is 2. The smallest absolute Gasteiger partial charge is 0.307 e. The van der Waals surface area contributed by atoms with E-state index < -0.39 is 23.7 Å². The van der Waals surface area contributed by atoms with Gasteiger partial charge in [-0.3, -0.25) is 14.4 Å². The summed E-state index contributed by atoms with van der Waals surface area (Å²) in [5, 5.41) is 11.7. The largest absolute Gasteiger partial charge is 0.481 e. The lowest BCUT2D eigenvalue weighted by Crippen LogP contribution is -2.30. The van der Waals surface area contributed by atoms with Crippen molar-refractivity contribution in [1.82, 2.24) is 0 Å². The van der Waals surface area contributed by atoms with Gasteiger partial charge in [0.05, 0.1) is 11.6 Å². The zero-order valence-electron chi connectivity index (χ0n) is 13.5. The Morgan fingerprint density at radius 3 is 2.08 bits per heavy atom. The highest BCUT2D eigenvalue weighted by Crippen LogP contribution is 2.21. The van der Waals surface area contributed by atoms with E-state index in [1.54, 1.807) is 55.5 Å². The van der Waals surface area contributed by atoms with Gasteiger partial charge in [0.1, 0.15) is 0 Å². The van der Waals surface area contributed by atoms with Crippen LogP contribution in [-0.2, 0) is 9.59 Å². The Kier molecular flexibility index (Phi) is 5.47. The van der Waals surface area contributed by atoms with Gasteiger partial charge in [-0.2, -0.15) is 0 Å². The molecule has 124 valence electrons. The summed E-state index contributed by atoms with van der Waals surface area (Å²) in [6.45, 7) is 3.03. The number of amides is 1. The number of ketones is 1. The lowest BCUT2D eigenvalue weighted by atomic mass is 9.95. The van der Waals surface area contributed by atoms with Gasteiger partial charge in [-0.05, 0) is 12.1 Å². The third kappa shape index (κ3) is 3.87. The Labute approximate surface area is 140 Å². The van der Waals surface area contributed by atoms with Gasteiger partial charge in [-0.1, -0.05) is 56.3 Å². The second kappa shape index (κ2) is 7.55. The molecule has 0 radical (unpaired) electrons. The quantitative estimate of drug-likeness (QED) is 0.799. The molecule has 0 aliphatic carbocycles. The van der Waals surface area contributed by atoms with Crippen LogP contribution in [0.3, 0.4) is 0 Å². The molecule has 5 heteroatoms. The molecular formula is C19H19NO4. The molecule has 0 heterocycles. The van der Waals surface area contributed by atoms with Gasteiger partial charge < -0.3 is 10.4 Å². The zero-order valence-corrected chi connectivity index (χ0v) is 13.5. The molecule has 1 amide bonds. The van der Waals surface area contributed by atoms with E-state index in [1.807, 2.05) is 6.07 Å². The van der Waals surface area contributed by atoms with Crippen LogP contribution in [0.5, 0.6) is 0 Å². The Morgan fingerprint density at radius 2 is 1.46 bits per heavy atom. The fraction of sp³-hybridized carbons (Fsp3) is 0.211. The molecule has 0 saturated carbocycles. The molecule has 2 atom stereocenters. The SMILES string of the molecule is CC(C(=O)O)C(C)C(=O)Nc1ccccc1C(=O)c1ccccc1. The van der Waals surface area contributed by atoms with Gasteiger partial charge in [-0.25, -0.2) is 0 Å². The first-order valence-corrected chi connectivity index (χ1v) is 7.64. The van der Waals surface area contributed by atoms with Crippen molar-refractivity contribution in [3.63, 3.8) is 0 Å². The lowest BCUT2D eigenvalue weighted by Gasteiger charge is -2.17. The molecule has 24 heavy (non-hydrogen) atoms. The maximum Gasteiger partial charge on any atom is 0.307 e. The molecule has 0 aliphatic rings. The number of carbonyl (C=O) groups is 3. The van der Waals surface area contributed by atoms with Crippen molar-refractivity contribution >= 4 is 23.3 Å². The van der Waals surface area contributed by atoms with E-state index in [9.17, 15) is 14.4 Å². The van der Waals surface area contributed by atoms with Crippen LogP contribution in [0, 0.1) is 11.8 Å². The summed E-state index contributed by atoms with van der Waals surface area (Å²) in [4.78, 5) is 35.9. The number of rotatable bonds is 6. The first-order valence-electron chi connectivity index (χ1n) is 7.64. The molecular weight excluding hydrogens is 306 g/mol. The fourth-order valence-electron chi connectivity index (χ4n) is 2.22. The minimum absolute atomic E-state index is 0.203. The molecule has 0 fully saturated rings. The number of aliphatic carboxylic acids is 1. The summed E-state index contributed by atoms with van der Waals surface area (Å²) >= 11 is 0. The number of hydrogen-bond acceptors (Lipinski definition) is 3. The van der Waals surface area contributed by atoms with Crippen molar-refractivity contribution < 1.29 is 19.5 Å². The predicted molar refractivity (Wildman–Crippen MR) is 90.9 cm³/mol. The van der Waals surface area contributed by atoms with Gasteiger partial charge in [0, 0.05) is 17.0 Å². The first-order chi connectivity index (χ1) is 11.4. The van der Waals surface area contributed by atoms with Gasteiger partial charge in [-0.15, -0.1) is 0 Å². The topological polar surface area (TPSA) is 83.5 Å². The highest BCUT2D eigenvalue weighted by Gasteiger charge is 2.26. The van der Waals surface area contributed by atoms with Crippen molar-refractivity contribution in [3.05, 3.63) is 65.7 Å². The number of carboxylic acids is 1. The molecule has 0 bridgehead atoms. The monoisotopic (exact) mass is 325 g/mol. The van der Waals surface area contributed by atoms with Gasteiger partial charge in [0.15, 0.2) is 5.78 Å². The van der Waals surface area contributed by atoms with E-state index in [2.05, 4.69) is 5.32 Å². The molecule has 0 aliphatic heterocycles. The lowest BCUT2D eigenvalue weighted by molar-refractivity contribution is -0.145. The van der Waals surface area contributed by atoms with Crippen LogP contribution >= 0.6 is 0 Å². The number of benzene rings is 2. The summed E-state index contributed by atoms with van der Waals surface area (Å²) in [6.07, 6.45) is 0. The van der Waals surface area contributed by atoms with Crippen LogP contribution in [-0.4, -0.2) is 22.8 Å². The van der Waals surface area contributed by atoms with E-state index >= 15 is 0 Å². The van der Waals surface area contributed by atoms with Crippen molar-refractivity contribution in [2.24, 2.45) is 11.8 Å². The second-order valence-corrected chi connectivity index (χ2v) is 5.65. The average molecular weight is 325 g/mol. The third-order valence-corrected chi connectivity index (χ3v) is 4.02. The number of anilines is 1. The zero-order chi connectivity index (χ0) is 17.7. The maximum atomic E-state index is 12.6. The van der Waals surface area contributed by atoms with E-state index in [4.69, 9.17) is 5.11 Å². The minimum Gasteiger partial charge on any atom is -0.481 e. The highest BCUT2D eigenvalue weighted by molar-refractivity contribution is 6.14. The molecule has 0 spiro atoms. The Hall–Kier alpha value is -2.95. The normalized spacial score (nSPS) is 12.9. The minimum atomic E-state index is -1.04. The molecule has 2 aromatic carbocycles. The van der Waals surface area contributed by atoms with Crippen LogP contribution in [0.4, 0.5) is 5.69 Å². The van der Waals surface area contributed by atoms with Crippen molar-refractivity contribution in [1.29, 1.82) is 0 Å². The van der Waals surface area contributed by atoms with Gasteiger partial charge >= 0.3 is 5.97 Å². The van der Waals surface area contributed by atoms with Crippen LogP contribution in [0.2, 0.25) is 0 Å². The number of nitrogens with one attached hydrogen (secondary N) is 1. The summed E-state index contributed by atoms with van der Waals surface area (Å²) < 4.78 is 0. The van der Waals surface area contributed by atoms with Crippen LogP contribution < -0.4 is 5.32 Å². The van der Waals surface area contributed by atoms with Gasteiger partial charge in [0.2, 0.25) is 5.91 Å². The molecule has 2 rings (SSSR count).